The van der Waals surface area contributed by atoms with Gasteiger partial charge in [0, 0.05) is 22.8 Å². The van der Waals surface area contributed by atoms with Crippen LogP contribution in [0.4, 0.5) is 0 Å². The average Bonchev–Trinajstić information content (AvgIpc) is 2.46. The summed E-state index contributed by atoms with van der Waals surface area (Å²) in [5.41, 5.74) is 4.77. The van der Waals surface area contributed by atoms with Gasteiger partial charge >= 0.3 is 0 Å². The van der Waals surface area contributed by atoms with Crippen LogP contribution in [-0.4, -0.2) is 17.8 Å². The molecule has 3 nitrogen and oxygen atoms in total. The number of hydrazine groups is 1. The molecule has 0 aromatic rings. The van der Waals surface area contributed by atoms with Gasteiger partial charge in [-0.05, 0) is 12.2 Å². The van der Waals surface area contributed by atoms with E-state index in [9.17, 15) is 4.79 Å². The summed E-state index contributed by atoms with van der Waals surface area (Å²) in [4.78, 5) is 10.6. The molecule has 0 unspecified atom stereocenters. The van der Waals surface area contributed by atoms with E-state index in [2.05, 4.69) is 21.4 Å². The topological polar surface area (TPSA) is 32.3 Å². The third-order valence-corrected chi connectivity index (χ3v) is 2.32. The second-order valence-corrected chi connectivity index (χ2v) is 3.49. The number of fused-ring (bicyclic) bond motifs is 1. The van der Waals surface area contributed by atoms with Crippen LogP contribution in [0.2, 0.25) is 0 Å². The van der Waals surface area contributed by atoms with E-state index >= 15 is 0 Å². The van der Waals surface area contributed by atoms with Crippen LogP contribution in [0.1, 0.15) is 0 Å². The first-order valence-corrected chi connectivity index (χ1v) is 4.37. The number of hydrogen-bond donors (Lipinski definition) is 1. The molecule has 2 aliphatic heterocycles. The van der Waals surface area contributed by atoms with Gasteiger partial charge in [-0.3, -0.25) is 9.80 Å². The van der Waals surface area contributed by atoms with E-state index < -0.39 is 0 Å². The molecule has 0 fully saturated rings. The van der Waals surface area contributed by atoms with Gasteiger partial charge in [-0.2, -0.15) is 0 Å². The van der Waals surface area contributed by atoms with Crippen molar-refractivity contribution in [3.8, 4) is 0 Å². The van der Waals surface area contributed by atoms with E-state index in [1.807, 2.05) is 23.4 Å². The molecular weight excluding hydrogens is 220 g/mol. The fourth-order valence-electron chi connectivity index (χ4n) is 1.22. The summed E-state index contributed by atoms with van der Waals surface area (Å²) in [5.74, 6) is 0. The van der Waals surface area contributed by atoms with Crippen molar-refractivity contribution in [1.29, 1.82) is 0 Å². The molecule has 0 saturated heterocycles. The molecule has 0 radical (unpaired) electrons. The van der Waals surface area contributed by atoms with E-state index in [4.69, 9.17) is 0 Å². The van der Waals surface area contributed by atoms with Gasteiger partial charge in [0.15, 0.2) is 0 Å². The minimum absolute atomic E-state index is 0.611. The summed E-state index contributed by atoms with van der Waals surface area (Å²) in [6.45, 7) is 0.611. The Morgan fingerprint density at radius 2 is 2.50 bits per heavy atom. The Balaban J connectivity index is 2.43. The Morgan fingerprint density at radius 3 is 3.25 bits per heavy atom. The van der Waals surface area contributed by atoms with Gasteiger partial charge in [0.05, 0.1) is 5.70 Å². The first-order chi connectivity index (χ1) is 5.81. The van der Waals surface area contributed by atoms with Crippen LogP contribution in [0, 0.1) is 0 Å². The normalized spacial score (nSPS) is 21.1. The van der Waals surface area contributed by atoms with Crippen LogP contribution in [0.5, 0.6) is 0 Å². The number of carbonyl (C=O) groups excluding carboxylic acids is 1. The maximum absolute atomic E-state index is 10.6. The van der Waals surface area contributed by atoms with E-state index in [-0.39, 0.29) is 0 Å². The zero-order chi connectivity index (χ0) is 8.55. The highest BCUT2D eigenvalue weighted by Gasteiger charge is 2.20. The number of hydrogen-bond acceptors (Lipinski definition) is 3. The monoisotopic (exact) mass is 226 g/mol. The Labute approximate surface area is 78.5 Å². The van der Waals surface area contributed by atoms with Gasteiger partial charge in [-0.25, -0.2) is 5.43 Å². The molecule has 4 heteroatoms. The molecule has 0 amide bonds. The third kappa shape index (κ3) is 1.13. The summed E-state index contributed by atoms with van der Waals surface area (Å²) in [6.07, 6.45) is 6.61. The maximum Gasteiger partial charge on any atom is 0.149 e. The molecule has 0 bridgehead atoms. The van der Waals surface area contributed by atoms with Crippen LogP contribution in [0.25, 0.3) is 0 Å². The lowest BCUT2D eigenvalue weighted by atomic mass is 10.2. The standard InChI is InChI=1S/C8H7BrN2O/c9-7-1-2-11-8(3-7)6(5-12)4-10-11/h1-3,5,10H,4H2. The van der Waals surface area contributed by atoms with Crippen molar-refractivity contribution in [3.63, 3.8) is 0 Å². The lowest BCUT2D eigenvalue weighted by Gasteiger charge is -2.18. The lowest BCUT2D eigenvalue weighted by molar-refractivity contribution is -0.104. The van der Waals surface area contributed by atoms with Gasteiger partial charge in [0.1, 0.15) is 6.29 Å². The van der Waals surface area contributed by atoms with E-state index in [0.717, 1.165) is 22.0 Å². The van der Waals surface area contributed by atoms with Crippen molar-refractivity contribution in [1.82, 2.24) is 10.4 Å². The smallest absolute Gasteiger partial charge is 0.149 e. The molecule has 0 aliphatic carbocycles. The molecule has 0 aromatic heterocycles. The number of halogens is 1. The van der Waals surface area contributed by atoms with Crippen molar-refractivity contribution < 1.29 is 4.79 Å². The summed E-state index contributed by atoms with van der Waals surface area (Å²) in [6, 6.07) is 0. The fourth-order valence-corrected chi connectivity index (χ4v) is 1.56. The number of nitrogens with zero attached hydrogens (tertiary/aromatic N) is 1. The van der Waals surface area contributed by atoms with E-state index in [1.165, 1.54) is 0 Å². The molecular formula is C8H7BrN2O. The molecule has 1 N–H and O–H groups in total. The third-order valence-electron chi connectivity index (χ3n) is 1.83. The van der Waals surface area contributed by atoms with Crippen LogP contribution in [-0.2, 0) is 4.79 Å². The largest absolute Gasteiger partial charge is 0.298 e. The van der Waals surface area contributed by atoms with Gasteiger partial charge in [-0.1, -0.05) is 15.9 Å². The number of nitrogens with one attached hydrogen (secondary N) is 1. The average molecular weight is 227 g/mol. The van der Waals surface area contributed by atoms with Crippen LogP contribution in [0.15, 0.2) is 34.1 Å². The number of allylic oxidation sites excluding steroid dienone is 3. The second-order valence-electron chi connectivity index (χ2n) is 2.58. The molecule has 2 rings (SSSR count). The van der Waals surface area contributed by atoms with E-state index in [1.54, 1.807) is 0 Å². The highest BCUT2D eigenvalue weighted by molar-refractivity contribution is 9.11. The second kappa shape index (κ2) is 2.88. The Kier molecular flexibility index (Phi) is 1.86. The molecule has 2 aliphatic rings. The molecule has 12 heavy (non-hydrogen) atoms. The predicted molar refractivity (Wildman–Crippen MR) is 49.1 cm³/mol. The highest BCUT2D eigenvalue weighted by Crippen LogP contribution is 2.24. The van der Waals surface area contributed by atoms with Gasteiger partial charge in [-0.15, -0.1) is 0 Å². The molecule has 62 valence electrons. The molecule has 0 saturated carbocycles. The highest BCUT2D eigenvalue weighted by atomic mass is 79.9. The van der Waals surface area contributed by atoms with E-state index in [0.29, 0.717) is 6.54 Å². The van der Waals surface area contributed by atoms with Crippen LogP contribution >= 0.6 is 15.9 Å². The summed E-state index contributed by atoms with van der Waals surface area (Å²) in [7, 11) is 0. The first kappa shape index (κ1) is 7.76. The van der Waals surface area contributed by atoms with Crippen molar-refractivity contribution in [2.45, 2.75) is 0 Å². The summed E-state index contributed by atoms with van der Waals surface area (Å²) < 4.78 is 0.983. The zero-order valence-corrected chi connectivity index (χ0v) is 7.84. The van der Waals surface area contributed by atoms with Gasteiger partial charge in [0.2, 0.25) is 0 Å². The number of carbonyl (C=O) groups is 1. The van der Waals surface area contributed by atoms with Crippen molar-refractivity contribution >= 4 is 22.2 Å². The first-order valence-electron chi connectivity index (χ1n) is 3.58. The van der Waals surface area contributed by atoms with Crippen LogP contribution < -0.4 is 5.43 Å². The fraction of sp³-hybridized carbons (Fsp3) is 0.125. The lowest BCUT2D eigenvalue weighted by Crippen LogP contribution is -2.26. The number of rotatable bonds is 1. The molecule has 0 spiro atoms. The SMILES string of the molecule is O=CC1=C2C=C(Br)C=CN2NC1. The molecule has 0 aromatic carbocycles. The van der Waals surface area contributed by atoms with Crippen molar-refractivity contribution in [2.75, 3.05) is 6.54 Å². The quantitative estimate of drug-likeness (QED) is 0.680. The van der Waals surface area contributed by atoms with Gasteiger partial charge < -0.3 is 0 Å². The van der Waals surface area contributed by atoms with Crippen molar-refractivity contribution in [2.24, 2.45) is 0 Å². The summed E-state index contributed by atoms with van der Waals surface area (Å²) in [5, 5.41) is 1.84. The maximum atomic E-state index is 10.6. The number of aldehydes is 1. The zero-order valence-electron chi connectivity index (χ0n) is 6.25. The van der Waals surface area contributed by atoms with Gasteiger partial charge in [0.25, 0.3) is 0 Å². The minimum atomic E-state index is 0.611. The Hall–Kier alpha value is -0.870. The summed E-state index contributed by atoms with van der Waals surface area (Å²) >= 11 is 3.35. The minimum Gasteiger partial charge on any atom is -0.298 e. The van der Waals surface area contributed by atoms with Crippen molar-refractivity contribution in [3.05, 3.63) is 34.1 Å². The predicted octanol–water partition coefficient (Wildman–Crippen LogP) is 1.07. The molecule has 2 heterocycles. The van der Waals surface area contributed by atoms with Crippen LogP contribution in [0.3, 0.4) is 0 Å². The molecule has 0 atom stereocenters. The Morgan fingerprint density at radius 1 is 1.67 bits per heavy atom. The Bertz CT molecular complexity index is 317.